The number of hydrogen-bond donors (Lipinski definition) is 2. The third kappa shape index (κ3) is 4.26. The van der Waals surface area contributed by atoms with Crippen LogP contribution in [0.4, 0.5) is 10.1 Å². The molecule has 1 aromatic carbocycles. The van der Waals surface area contributed by atoms with Crippen molar-refractivity contribution < 1.29 is 4.39 Å². The average molecular weight is 339 g/mol. The van der Waals surface area contributed by atoms with E-state index in [2.05, 4.69) is 27.8 Å². The molecule has 0 radical (unpaired) electrons. The van der Waals surface area contributed by atoms with Gasteiger partial charge in [-0.15, -0.1) is 0 Å². The zero-order valence-electron chi connectivity index (χ0n) is 15.0. The summed E-state index contributed by atoms with van der Waals surface area (Å²) in [7, 11) is 0. The maximum Gasteiger partial charge on any atom is 0.100 e. The van der Waals surface area contributed by atoms with E-state index in [9.17, 15) is 4.39 Å². The fourth-order valence-corrected chi connectivity index (χ4v) is 3.27. The number of pyridine rings is 1. The molecule has 1 aliphatic heterocycles. The van der Waals surface area contributed by atoms with Gasteiger partial charge in [0, 0.05) is 29.5 Å². The molecular formula is C21H26FN3. The highest BCUT2D eigenvalue weighted by Gasteiger charge is 2.15. The van der Waals surface area contributed by atoms with Crippen molar-refractivity contribution in [3.8, 4) is 0 Å². The average Bonchev–Trinajstić information content (AvgIpc) is 2.66. The number of halogens is 1. The number of rotatable bonds is 5. The number of piperidine rings is 1. The van der Waals surface area contributed by atoms with Gasteiger partial charge in [-0.3, -0.25) is 4.98 Å². The number of nitrogens with one attached hydrogen (secondary N) is 2. The van der Waals surface area contributed by atoms with E-state index < -0.39 is 0 Å². The van der Waals surface area contributed by atoms with Crippen molar-refractivity contribution in [1.29, 1.82) is 0 Å². The van der Waals surface area contributed by atoms with Gasteiger partial charge in [0.25, 0.3) is 0 Å². The minimum atomic E-state index is -0.101. The van der Waals surface area contributed by atoms with Crippen molar-refractivity contribution in [2.75, 3.05) is 18.4 Å². The van der Waals surface area contributed by atoms with E-state index in [1.54, 1.807) is 12.3 Å². The van der Waals surface area contributed by atoms with Crippen LogP contribution in [0, 0.1) is 0 Å². The summed E-state index contributed by atoms with van der Waals surface area (Å²) in [5.74, 6) is -0.101. The van der Waals surface area contributed by atoms with Gasteiger partial charge >= 0.3 is 0 Å². The van der Waals surface area contributed by atoms with E-state index >= 15 is 0 Å². The standard InChI is InChI=1S/C21H26FN3/c1-3-15(12-18(22)4-2)17-11-16-5-8-24-14-20(16)21(13-17)25-19-6-9-23-10-7-19/h3,5,8,11-14,19,23,25H,4,6-7,9-10H2,1-2H3/b15-3+,18-12+. The molecule has 0 bridgehead atoms. The van der Waals surface area contributed by atoms with Gasteiger partial charge in [-0.05, 0) is 80.1 Å². The molecule has 2 N–H and O–H groups in total. The molecule has 1 aliphatic rings. The summed E-state index contributed by atoms with van der Waals surface area (Å²) in [6, 6.07) is 6.71. The Morgan fingerprint density at radius 2 is 2.16 bits per heavy atom. The maximum atomic E-state index is 13.8. The molecule has 1 fully saturated rings. The van der Waals surface area contributed by atoms with Gasteiger partial charge in [-0.2, -0.15) is 0 Å². The number of aromatic nitrogens is 1. The number of hydrogen-bond acceptors (Lipinski definition) is 3. The summed E-state index contributed by atoms with van der Waals surface area (Å²) in [6.45, 7) is 5.86. The summed E-state index contributed by atoms with van der Waals surface area (Å²) in [6.07, 6.45) is 9.93. The first kappa shape index (κ1) is 17.6. The third-order valence-corrected chi connectivity index (χ3v) is 4.75. The Bertz CT molecular complexity index is 789. The van der Waals surface area contributed by atoms with Crippen LogP contribution in [0.1, 0.15) is 38.7 Å². The summed E-state index contributed by atoms with van der Waals surface area (Å²) >= 11 is 0. The second-order valence-corrected chi connectivity index (χ2v) is 6.48. The van der Waals surface area contributed by atoms with Crippen molar-refractivity contribution in [1.82, 2.24) is 10.3 Å². The van der Waals surface area contributed by atoms with E-state index in [1.807, 2.05) is 32.2 Å². The van der Waals surface area contributed by atoms with Crippen LogP contribution >= 0.6 is 0 Å². The van der Waals surface area contributed by atoms with Gasteiger partial charge in [-0.25, -0.2) is 4.39 Å². The van der Waals surface area contributed by atoms with Crippen LogP contribution in [-0.4, -0.2) is 24.1 Å². The fourth-order valence-electron chi connectivity index (χ4n) is 3.27. The molecule has 3 nitrogen and oxygen atoms in total. The molecule has 4 heteroatoms. The molecule has 2 heterocycles. The van der Waals surface area contributed by atoms with E-state index in [0.29, 0.717) is 12.5 Å². The van der Waals surface area contributed by atoms with Crippen molar-refractivity contribution in [3.63, 3.8) is 0 Å². The number of allylic oxidation sites excluding steroid dienone is 4. The van der Waals surface area contributed by atoms with Crippen LogP contribution in [0.3, 0.4) is 0 Å². The zero-order valence-corrected chi connectivity index (χ0v) is 15.0. The first-order valence-electron chi connectivity index (χ1n) is 9.09. The highest BCUT2D eigenvalue weighted by Crippen LogP contribution is 2.31. The van der Waals surface area contributed by atoms with Crippen LogP contribution in [0.25, 0.3) is 16.3 Å². The Balaban J connectivity index is 2.02. The van der Waals surface area contributed by atoms with E-state index in [4.69, 9.17) is 0 Å². The largest absolute Gasteiger partial charge is 0.382 e. The van der Waals surface area contributed by atoms with Gasteiger partial charge in [0.2, 0.25) is 0 Å². The molecule has 0 unspecified atom stereocenters. The van der Waals surface area contributed by atoms with Crippen LogP contribution in [0.2, 0.25) is 0 Å². The van der Waals surface area contributed by atoms with Crippen LogP contribution in [0.15, 0.2) is 48.6 Å². The van der Waals surface area contributed by atoms with Crippen molar-refractivity contribution in [2.45, 2.75) is 39.2 Å². The van der Waals surface area contributed by atoms with E-state index in [-0.39, 0.29) is 5.83 Å². The molecule has 132 valence electrons. The van der Waals surface area contributed by atoms with E-state index in [0.717, 1.165) is 53.5 Å². The van der Waals surface area contributed by atoms with Crippen molar-refractivity contribution in [3.05, 3.63) is 54.1 Å². The minimum Gasteiger partial charge on any atom is -0.382 e. The van der Waals surface area contributed by atoms with Crippen LogP contribution in [-0.2, 0) is 0 Å². The predicted octanol–water partition coefficient (Wildman–Crippen LogP) is 5.07. The zero-order chi connectivity index (χ0) is 17.6. The molecule has 25 heavy (non-hydrogen) atoms. The Morgan fingerprint density at radius 1 is 1.36 bits per heavy atom. The summed E-state index contributed by atoms with van der Waals surface area (Å²) in [5.41, 5.74) is 3.02. The second kappa shape index (κ2) is 8.26. The van der Waals surface area contributed by atoms with Crippen LogP contribution < -0.4 is 10.6 Å². The van der Waals surface area contributed by atoms with Gasteiger partial charge in [0.05, 0.1) is 0 Å². The Morgan fingerprint density at radius 3 is 2.88 bits per heavy atom. The molecule has 0 spiro atoms. The maximum absolute atomic E-state index is 13.8. The lowest BCUT2D eigenvalue weighted by atomic mass is 9.98. The number of benzene rings is 1. The Hall–Kier alpha value is -2.20. The lowest BCUT2D eigenvalue weighted by molar-refractivity contribution is 0.479. The monoisotopic (exact) mass is 339 g/mol. The van der Waals surface area contributed by atoms with Crippen molar-refractivity contribution in [2.24, 2.45) is 0 Å². The molecule has 1 saturated heterocycles. The van der Waals surface area contributed by atoms with Gasteiger partial charge in [0.15, 0.2) is 0 Å². The predicted molar refractivity (Wildman–Crippen MR) is 104 cm³/mol. The van der Waals surface area contributed by atoms with Gasteiger partial charge in [0.1, 0.15) is 5.83 Å². The lowest BCUT2D eigenvalue weighted by Crippen LogP contribution is -2.35. The topological polar surface area (TPSA) is 37.0 Å². The molecule has 2 aromatic rings. The number of anilines is 1. The third-order valence-electron chi connectivity index (χ3n) is 4.75. The van der Waals surface area contributed by atoms with Crippen LogP contribution in [0.5, 0.6) is 0 Å². The normalized spacial score (nSPS) is 17.1. The molecule has 1 aromatic heterocycles. The molecule has 0 aliphatic carbocycles. The highest BCUT2D eigenvalue weighted by atomic mass is 19.1. The molecule has 0 saturated carbocycles. The van der Waals surface area contributed by atoms with Crippen molar-refractivity contribution >= 4 is 22.0 Å². The van der Waals surface area contributed by atoms with Gasteiger partial charge < -0.3 is 10.6 Å². The minimum absolute atomic E-state index is 0.101. The first-order valence-corrected chi connectivity index (χ1v) is 9.09. The smallest absolute Gasteiger partial charge is 0.100 e. The van der Waals surface area contributed by atoms with Gasteiger partial charge in [-0.1, -0.05) is 13.0 Å². The molecule has 0 amide bonds. The number of nitrogens with zero attached hydrogens (tertiary/aromatic N) is 1. The first-order chi connectivity index (χ1) is 12.2. The molecule has 0 atom stereocenters. The van der Waals surface area contributed by atoms with E-state index in [1.165, 1.54) is 0 Å². The fraction of sp³-hybridized carbons (Fsp3) is 0.381. The Kier molecular flexibility index (Phi) is 5.82. The number of fused-ring (bicyclic) bond motifs is 1. The second-order valence-electron chi connectivity index (χ2n) is 6.48. The summed E-state index contributed by atoms with van der Waals surface area (Å²) in [5, 5.41) is 9.31. The summed E-state index contributed by atoms with van der Waals surface area (Å²) < 4.78 is 13.8. The Labute approximate surface area is 149 Å². The quantitative estimate of drug-likeness (QED) is 0.747. The highest BCUT2D eigenvalue weighted by molar-refractivity contribution is 5.97. The molecule has 3 rings (SSSR count). The lowest BCUT2D eigenvalue weighted by Gasteiger charge is -2.25. The SMILES string of the molecule is C/C=C(\C=C(\F)CC)c1cc(NC2CCNCC2)c2cnccc2c1. The summed E-state index contributed by atoms with van der Waals surface area (Å²) in [4.78, 5) is 4.28. The molecular weight excluding hydrogens is 313 g/mol.